The minimum absolute atomic E-state index is 0.238. The van der Waals surface area contributed by atoms with Gasteiger partial charge in [0.1, 0.15) is 11.5 Å². The Kier molecular flexibility index (Phi) is 5.88. The van der Waals surface area contributed by atoms with E-state index in [9.17, 15) is 4.39 Å². The number of anilines is 2. The summed E-state index contributed by atoms with van der Waals surface area (Å²) in [6, 6.07) is 11.1. The fourth-order valence-corrected chi connectivity index (χ4v) is 5.87. The number of rotatable bonds is 6. The summed E-state index contributed by atoms with van der Waals surface area (Å²) in [5.41, 5.74) is 3.00. The molecule has 1 N–H and O–H groups in total. The van der Waals surface area contributed by atoms with Crippen LogP contribution in [0.15, 0.2) is 48.8 Å². The fourth-order valence-electron chi connectivity index (χ4n) is 4.92. The molecule has 9 heteroatoms. The summed E-state index contributed by atoms with van der Waals surface area (Å²) in [6.45, 7) is 4.79. The first kappa shape index (κ1) is 21.5. The van der Waals surface area contributed by atoms with Crippen molar-refractivity contribution in [2.45, 2.75) is 38.3 Å². The summed E-state index contributed by atoms with van der Waals surface area (Å²) in [4.78, 5) is 14.8. The Balaban J connectivity index is 1.23. The Labute approximate surface area is 202 Å². The van der Waals surface area contributed by atoms with Gasteiger partial charge in [-0.25, -0.2) is 9.37 Å². The van der Waals surface area contributed by atoms with Gasteiger partial charge in [-0.3, -0.25) is 9.88 Å². The molecule has 1 aromatic carbocycles. The molecule has 7 nitrogen and oxygen atoms in total. The Hall–Kier alpha value is -3.04. The highest BCUT2D eigenvalue weighted by Crippen LogP contribution is 2.35. The molecular formula is C25H28FN7S. The number of benzene rings is 1. The lowest BCUT2D eigenvalue weighted by Crippen LogP contribution is -2.46. The number of pyridine rings is 1. The fraction of sp³-hybridized carbons (Fsp3) is 0.400. The van der Waals surface area contributed by atoms with E-state index in [0.717, 1.165) is 72.7 Å². The van der Waals surface area contributed by atoms with Crippen molar-refractivity contribution >= 4 is 27.2 Å². The van der Waals surface area contributed by atoms with E-state index in [1.54, 1.807) is 23.5 Å². The molecule has 0 atom stereocenters. The van der Waals surface area contributed by atoms with E-state index in [-0.39, 0.29) is 5.82 Å². The van der Waals surface area contributed by atoms with Crippen LogP contribution in [0.25, 0.3) is 16.2 Å². The van der Waals surface area contributed by atoms with Gasteiger partial charge in [0, 0.05) is 56.7 Å². The highest BCUT2D eigenvalue weighted by atomic mass is 32.1. The van der Waals surface area contributed by atoms with Crippen LogP contribution in [-0.2, 0) is 6.54 Å². The maximum Gasteiger partial charge on any atom is 0.216 e. The molecule has 1 aliphatic carbocycles. The van der Waals surface area contributed by atoms with E-state index in [2.05, 4.69) is 26.2 Å². The molecule has 4 heterocycles. The van der Waals surface area contributed by atoms with Crippen LogP contribution in [0.1, 0.15) is 31.2 Å². The van der Waals surface area contributed by atoms with Crippen LogP contribution < -0.4 is 10.2 Å². The lowest BCUT2D eigenvalue weighted by molar-refractivity contribution is 0.249. The molecule has 3 aromatic heterocycles. The largest absolute Gasteiger partial charge is 0.365 e. The van der Waals surface area contributed by atoms with Crippen molar-refractivity contribution in [1.82, 2.24) is 24.5 Å². The van der Waals surface area contributed by atoms with Crippen LogP contribution in [0.5, 0.6) is 0 Å². The number of nitrogens with one attached hydrogen (secondary N) is 1. The first-order valence-corrected chi connectivity index (χ1v) is 12.8. The highest BCUT2D eigenvalue weighted by Gasteiger charge is 2.25. The molecule has 0 radical (unpaired) electrons. The predicted octanol–water partition coefficient (Wildman–Crippen LogP) is 4.67. The van der Waals surface area contributed by atoms with Gasteiger partial charge in [-0.15, -0.1) is 5.10 Å². The molecule has 2 aliphatic rings. The first-order valence-electron chi connectivity index (χ1n) is 12.0. The molecule has 0 bridgehead atoms. The summed E-state index contributed by atoms with van der Waals surface area (Å²) in [7, 11) is 0. The zero-order valence-electron chi connectivity index (χ0n) is 19.0. The molecule has 0 amide bonds. The number of hydrogen-bond acceptors (Lipinski definition) is 7. The van der Waals surface area contributed by atoms with E-state index >= 15 is 0 Å². The van der Waals surface area contributed by atoms with E-state index in [1.807, 2.05) is 23.0 Å². The lowest BCUT2D eigenvalue weighted by Gasteiger charge is -2.34. The van der Waals surface area contributed by atoms with E-state index in [4.69, 9.17) is 10.1 Å². The van der Waals surface area contributed by atoms with Crippen molar-refractivity contribution in [2.24, 2.45) is 0 Å². The van der Waals surface area contributed by atoms with Gasteiger partial charge in [0.05, 0.1) is 0 Å². The number of halogens is 1. The van der Waals surface area contributed by atoms with Crippen LogP contribution in [-0.4, -0.2) is 56.7 Å². The molecule has 176 valence electrons. The summed E-state index contributed by atoms with van der Waals surface area (Å²) in [5, 5.41) is 9.70. The van der Waals surface area contributed by atoms with Crippen molar-refractivity contribution in [3.8, 4) is 11.3 Å². The Morgan fingerprint density at radius 2 is 1.82 bits per heavy atom. The number of aromatic nitrogens is 4. The van der Waals surface area contributed by atoms with Crippen LogP contribution in [0, 0.1) is 5.82 Å². The van der Waals surface area contributed by atoms with Gasteiger partial charge in [-0.1, -0.05) is 30.2 Å². The van der Waals surface area contributed by atoms with E-state index < -0.39 is 0 Å². The second-order valence-electron chi connectivity index (χ2n) is 9.15. The van der Waals surface area contributed by atoms with Crippen LogP contribution in [0.4, 0.5) is 15.3 Å². The zero-order valence-corrected chi connectivity index (χ0v) is 19.8. The molecule has 34 heavy (non-hydrogen) atoms. The average molecular weight is 478 g/mol. The Bertz CT molecular complexity index is 1240. The third kappa shape index (κ3) is 4.37. The summed E-state index contributed by atoms with van der Waals surface area (Å²) >= 11 is 1.62. The minimum atomic E-state index is -0.238. The van der Waals surface area contributed by atoms with Crippen molar-refractivity contribution in [3.63, 3.8) is 0 Å². The van der Waals surface area contributed by atoms with Gasteiger partial charge >= 0.3 is 0 Å². The average Bonchev–Trinajstić information content (AvgIpc) is 3.59. The maximum absolute atomic E-state index is 13.5. The number of fused-ring (bicyclic) bond motifs is 1. The molecule has 4 aromatic rings. The van der Waals surface area contributed by atoms with E-state index in [1.165, 1.54) is 30.5 Å². The molecule has 0 unspecified atom stereocenters. The molecule has 1 saturated carbocycles. The molecule has 6 rings (SSSR count). The number of imidazole rings is 1. The monoisotopic (exact) mass is 477 g/mol. The quantitative estimate of drug-likeness (QED) is 0.436. The molecular weight excluding hydrogens is 449 g/mol. The number of nitrogens with zero attached hydrogens (tertiary/aromatic N) is 6. The van der Waals surface area contributed by atoms with Crippen LogP contribution in [0.3, 0.4) is 0 Å². The maximum atomic E-state index is 13.5. The van der Waals surface area contributed by atoms with Crippen LogP contribution >= 0.6 is 11.3 Å². The summed E-state index contributed by atoms with van der Waals surface area (Å²) < 4.78 is 15.5. The predicted molar refractivity (Wildman–Crippen MR) is 134 cm³/mol. The van der Waals surface area contributed by atoms with E-state index in [0.29, 0.717) is 6.04 Å². The molecule has 2 fully saturated rings. The van der Waals surface area contributed by atoms with Crippen LogP contribution in [0.2, 0.25) is 0 Å². The van der Waals surface area contributed by atoms with Gasteiger partial charge in [0.2, 0.25) is 10.1 Å². The van der Waals surface area contributed by atoms with Gasteiger partial charge < -0.3 is 10.2 Å². The number of hydrogen-bond donors (Lipinski definition) is 1. The van der Waals surface area contributed by atoms with Gasteiger partial charge in [0.25, 0.3) is 0 Å². The Morgan fingerprint density at radius 3 is 2.56 bits per heavy atom. The normalized spacial score (nSPS) is 17.6. The van der Waals surface area contributed by atoms with Crippen molar-refractivity contribution in [3.05, 3.63) is 60.2 Å². The lowest BCUT2D eigenvalue weighted by atomic mass is 10.1. The van der Waals surface area contributed by atoms with Crippen molar-refractivity contribution in [2.75, 3.05) is 36.4 Å². The van der Waals surface area contributed by atoms with Gasteiger partial charge in [0.15, 0.2) is 5.82 Å². The topological polar surface area (TPSA) is 61.6 Å². The van der Waals surface area contributed by atoms with Crippen molar-refractivity contribution < 1.29 is 4.39 Å². The highest BCUT2D eigenvalue weighted by molar-refractivity contribution is 7.20. The third-order valence-electron chi connectivity index (χ3n) is 6.78. The molecule has 1 saturated heterocycles. The second-order valence-corrected chi connectivity index (χ2v) is 10.1. The number of piperazine rings is 1. The summed E-state index contributed by atoms with van der Waals surface area (Å²) in [5.74, 6) is 0.685. The smallest absolute Gasteiger partial charge is 0.216 e. The molecule has 1 aliphatic heterocycles. The molecule has 0 spiro atoms. The van der Waals surface area contributed by atoms with Gasteiger partial charge in [-0.05, 0) is 48.7 Å². The first-order chi connectivity index (χ1) is 16.7. The minimum Gasteiger partial charge on any atom is -0.365 e. The van der Waals surface area contributed by atoms with Crippen molar-refractivity contribution in [1.29, 1.82) is 0 Å². The third-order valence-corrected chi connectivity index (χ3v) is 7.75. The van der Waals surface area contributed by atoms with Gasteiger partial charge in [-0.2, -0.15) is 4.52 Å². The Morgan fingerprint density at radius 1 is 1.03 bits per heavy atom. The SMILES string of the molecule is Fc1ccc(-c2nc3sc(N4CCN(Cc5cccnc5)CC4)nn3c2NC2CCCC2)cc1. The summed E-state index contributed by atoms with van der Waals surface area (Å²) in [6.07, 6.45) is 8.57. The zero-order chi connectivity index (χ0) is 22.9. The standard InChI is InChI=1S/C25H28FN7S/c26-20-9-7-19(8-10-20)22-23(28-21-5-1-2-6-21)33-24(29-22)34-25(30-33)32-14-12-31(13-15-32)17-18-4-3-11-27-16-18/h3-4,7-11,16,21,28H,1-2,5-6,12-15,17H2. The second kappa shape index (κ2) is 9.31.